The molecule has 3 aromatic rings. The van der Waals surface area contributed by atoms with Crippen molar-refractivity contribution in [3.8, 4) is 0 Å². The molecule has 4 rings (SSSR count). The van der Waals surface area contributed by atoms with E-state index in [1.807, 2.05) is 30.7 Å². The first-order valence-electron chi connectivity index (χ1n) is 7.43. The highest BCUT2D eigenvalue weighted by Gasteiger charge is 2.21. The van der Waals surface area contributed by atoms with Crippen molar-refractivity contribution in [1.29, 1.82) is 0 Å². The summed E-state index contributed by atoms with van der Waals surface area (Å²) >= 11 is 12.6. The van der Waals surface area contributed by atoms with Crippen LogP contribution in [0.2, 0.25) is 10.0 Å². The van der Waals surface area contributed by atoms with Crippen LogP contribution in [-0.2, 0) is 6.54 Å². The number of aromatic nitrogens is 2. The topological polar surface area (TPSA) is 42.2 Å². The first kappa shape index (κ1) is 14.5. The van der Waals surface area contributed by atoms with Crippen molar-refractivity contribution in [2.24, 2.45) is 4.99 Å². The summed E-state index contributed by atoms with van der Waals surface area (Å²) < 4.78 is 2.06. The van der Waals surface area contributed by atoms with Crippen molar-refractivity contribution < 1.29 is 0 Å². The lowest BCUT2D eigenvalue weighted by Gasteiger charge is -2.08. The Bertz CT molecular complexity index is 901. The van der Waals surface area contributed by atoms with E-state index in [9.17, 15) is 0 Å². The molecule has 0 atom stereocenters. The number of halogens is 2. The number of benzene rings is 2. The molecule has 2 heterocycles. The highest BCUT2D eigenvalue weighted by molar-refractivity contribution is 6.42. The SMILES string of the molecule is Clc1cc(Cl)c2cccc3c2c1N=C3NCCCn1ccnc1. The second kappa shape index (κ2) is 5.87. The molecule has 1 N–H and O–H groups in total. The molecule has 0 fully saturated rings. The number of nitrogens with zero attached hydrogens (tertiary/aromatic N) is 3. The van der Waals surface area contributed by atoms with Crippen LogP contribution in [0, 0.1) is 0 Å². The molecule has 0 unspecified atom stereocenters. The Morgan fingerprint density at radius 1 is 1.17 bits per heavy atom. The summed E-state index contributed by atoms with van der Waals surface area (Å²) in [5.41, 5.74) is 1.86. The third-order valence-corrected chi connectivity index (χ3v) is 4.56. The van der Waals surface area contributed by atoms with E-state index >= 15 is 0 Å². The minimum Gasteiger partial charge on any atom is -0.369 e. The molecule has 0 amide bonds. The van der Waals surface area contributed by atoms with E-state index in [0.717, 1.165) is 47.4 Å². The molecule has 23 heavy (non-hydrogen) atoms. The zero-order chi connectivity index (χ0) is 15.8. The molecule has 0 bridgehead atoms. The van der Waals surface area contributed by atoms with Gasteiger partial charge < -0.3 is 9.88 Å². The van der Waals surface area contributed by atoms with Crippen LogP contribution in [0.4, 0.5) is 5.69 Å². The molecule has 0 radical (unpaired) electrons. The fraction of sp³-hybridized carbons (Fsp3) is 0.176. The lowest BCUT2D eigenvalue weighted by molar-refractivity contribution is 0.631. The largest absolute Gasteiger partial charge is 0.369 e. The van der Waals surface area contributed by atoms with E-state index in [0.29, 0.717) is 10.0 Å². The van der Waals surface area contributed by atoms with Crippen molar-refractivity contribution >= 4 is 45.5 Å². The van der Waals surface area contributed by atoms with Crippen molar-refractivity contribution in [1.82, 2.24) is 14.9 Å². The Labute approximate surface area is 143 Å². The number of rotatable bonds is 4. The zero-order valence-corrected chi connectivity index (χ0v) is 13.8. The molecule has 0 spiro atoms. The molecule has 4 nitrogen and oxygen atoms in total. The summed E-state index contributed by atoms with van der Waals surface area (Å²) in [5.74, 6) is 0.861. The van der Waals surface area contributed by atoms with Crippen LogP contribution in [-0.4, -0.2) is 21.9 Å². The Balaban J connectivity index is 1.55. The van der Waals surface area contributed by atoms with Gasteiger partial charge in [-0.3, -0.25) is 0 Å². The van der Waals surface area contributed by atoms with Crippen molar-refractivity contribution in [2.75, 3.05) is 6.54 Å². The molecule has 1 aromatic heterocycles. The normalized spacial score (nSPS) is 12.7. The first-order chi connectivity index (χ1) is 11.2. The summed E-state index contributed by atoms with van der Waals surface area (Å²) in [6.07, 6.45) is 6.56. The fourth-order valence-corrected chi connectivity index (χ4v) is 3.45. The minimum absolute atomic E-state index is 0.588. The Morgan fingerprint density at radius 2 is 2.09 bits per heavy atom. The highest BCUT2D eigenvalue weighted by Crippen LogP contribution is 2.43. The van der Waals surface area contributed by atoms with Gasteiger partial charge in [0.05, 0.1) is 22.1 Å². The lowest BCUT2D eigenvalue weighted by Crippen LogP contribution is -2.24. The van der Waals surface area contributed by atoms with Gasteiger partial charge in [-0.2, -0.15) is 0 Å². The van der Waals surface area contributed by atoms with E-state index in [4.69, 9.17) is 23.2 Å². The second-order valence-corrected chi connectivity index (χ2v) is 6.27. The van der Waals surface area contributed by atoms with Crippen molar-refractivity contribution in [2.45, 2.75) is 13.0 Å². The Morgan fingerprint density at radius 3 is 2.91 bits per heavy atom. The van der Waals surface area contributed by atoms with Crippen LogP contribution < -0.4 is 5.32 Å². The predicted octanol–water partition coefficient (Wildman–Crippen LogP) is 4.41. The monoisotopic (exact) mass is 344 g/mol. The molecular formula is C17H14Cl2N4. The molecule has 1 aliphatic heterocycles. The van der Waals surface area contributed by atoms with Gasteiger partial charge in [-0.15, -0.1) is 0 Å². The number of hydrogen-bond donors (Lipinski definition) is 1. The summed E-state index contributed by atoms with van der Waals surface area (Å²) in [7, 11) is 0. The van der Waals surface area contributed by atoms with Crippen LogP contribution in [0.25, 0.3) is 10.8 Å². The van der Waals surface area contributed by atoms with Gasteiger partial charge in [0, 0.05) is 41.8 Å². The maximum atomic E-state index is 6.31. The highest BCUT2D eigenvalue weighted by atomic mass is 35.5. The summed E-state index contributed by atoms with van der Waals surface area (Å²) in [5, 5.41) is 6.68. The lowest BCUT2D eigenvalue weighted by atomic mass is 10.0. The molecule has 2 aromatic carbocycles. The summed E-state index contributed by atoms with van der Waals surface area (Å²) in [4.78, 5) is 8.71. The van der Waals surface area contributed by atoms with E-state index in [1.165, 1.54) is 0 Å². The van der Waals surface area contributed by atoms with Crippen LogP contribution >= 0.6 is 23.2 Å². The van der Waals surface area contributed by atoms with E-state index in [-0.39, 0.29) is 0 Å². The third kappa shape index (κ3) is 2.58. The van der Waals surface area contributed by atoms with Crippen LogP contribution in [0.1, 0.15) is 12.0 Å². The minimum atomic E-state index is 0.588. The molecule has 0 aliphatic carbocycles. The van der Waals surface area contributed by atoms with E-state index in [2.05, 4.69) is 19.9 Å². The Kier molecular flexibility index (Phi) is 3.71. The number of nitrogens with one attached hydrogen (secondary N) is 1. The molecule has 116 valence electrons. The van der Waals surface area contributed by atoms with Crippen LogP contribution in [0.15, 0.2) is 48.0 Å². The number of imidazole rings is 1. The number of aryl methyl sites for hydroxylation is 1. The number of amidine groups is 1. The maximum absolute atomic E-state index is 6.31. The van der Waals surface area contributed by atoms with E-state index in [1.54, 1.807) is 12.3 Å². The van der Waals surface area contributed by atoms with Gasteiger partial charge in [-0.05, 0) is 12.5 Å². The molecule has 6 heteroatoms. The smallest absolute Gasteiger partial charge is 0.134 e. The van der Waals surface area contributed by atoms with Crippen molar-refractivity contribution in [3.05, 3.63) is 58.6 Å². The van der Waals surface area contributed by atoms with Gasteiger partial charge in [0.25, 0.3) is 0 Å². The predicted molar refractivity (Wildman–Crippen MR) is 95.0 cm³/mol. The van der Waals surface area contributed by atoms with Gasteiger partial charge in [0.1, 0.15) is 5.84 Å². The zero-order valence-electron chi connectivity index (χ0n) is 12.3. The van der Waals surface area contributed by atoms with Crippen LogP contribution in [0.3, 0.4) is 0 Å². The second-order valence-electron chi connectivity index (χ2n) is 5.46. The molecular weight excluding hydrogens is 331 g/mol. The van der Waals surface area contributed by atoms with Gasteiger partial charge in [-0.1, -0.05) is 41.4 Å². The average molecular weight is 345 g/mol. The number of hydrogen-bond acceptors (Lipinski definition) is 3. The van der Waals surface area contributed by atoms with Gasteiger partial charge in [0.15, 0.2) is 0 Å². The molecule has 0 saturated carbocycles. The summed E-state index contributed by atoms with van der Waals surface area (Å²) in [6.45, 7) is 1.75. The van der Waals surface area contributed by atoms with Crippen molar-refractivity contribution in [3.63, 3.8) is 0 Å². The van der Waals surface area contributed by atoms with E-state index < -0.39 is 0 Å². The Hall–Kier alpha value is -2.04. The molecule has 0 saturated heterocycles. The third-order valence-electron chi connectivity index (χ3n) is 3.96. The summed E-state index contributed by atoms with van der Waals surface area (Å²) in [6, 6.07) is 7.80. The standard InChI is InChI=1S/C17H14Cl2N4/c18-13-9-14(19)16-15-11(13)3-1-4-12(15)17(22-16)21-5-2-7-23-8-6-20-10-23/h1,3-4,6,8-10H,2,5,7H2,(H,21,22). The van der Waals surface area contributed by atoms with Gasteiger partial charge >= 0.3 is 0 Å². The average Bonchev–Trinajstić information content (AvgIpc) is 3.18. The quantitative estimate of drug-likeness (QED) is 0.712. The number of aliphatic imine (C=N–C) groups is 1. The van der Waals surface area contributed by atoms with Gasteiger partial charge in [-0.25, -0.2) is 9.98 Å². The maximum Gasteiger partial charge on any atom is 0.134 e. The molecule has 1 aliphatic rings. The van der Waals surface area contributed by atoms with Gasteiger partial charge in [0.2, 0.25) is 0 Å². The first-order valence-corrected chi connectivity index (χ1v) is 8.19. The van der Waals surface area contributed by atoms with Crippen LogP contribution in [0.5, 0.6) is 0 Å². The fourth-order valence-electron chi connectivity index (χ4n) is 2.88.